The predicted molar refractivity (Wildman–Crippen MR) is 281 cm³/mol. The summed E-state index contributed by atoms with van der Waals surface area (Å²) in [5, 5.41) is 7.98. The van der Waals surface area contributed by atoms with Crippen LogP contribution in [0.15, 0.2) is 0 Å². The summed E-state index contributed by atoms with van der Waals surface area (Å²) in [6, 6.07) is 0. The zero-order valence-electron chi connectivity index (χ0n) is 46.6. The van der Waals surface area contributed by atoms with Gasteiger partial charge in [0, 0.05) is 34.2 Å². The molecule has 0 aliphatic rings. The van der Waals surface area contributed by atoms with Crippen molar-refractivity contribution in [2.45, 2.75) is 201 Å². The fourth-order valence-electron chi connectivity index (χ4n) is 7.09. The molecule has 0 amide bonds. The van der Waals surface area contributed by atoms with Gasteiger partial charge in [-0.25, -0.2) is 0 Å². The molecule has 354 valence electrons. The molecule has 6 rings (SSSR count). The first-order chi connectivity index (χ1) is 29.8. The van der Waals surface area contributed by atoms with Crippen molar-refractivity contribution in [3.63, 3.8) is 0 Å². The maximum absolute atomic E-state index is 4.43. The summed E-state index contributed by atoms with van der Waals surface area (Å²) in [6.07, 6.45) is 0. The van der Waals surface area contributed by atoms with Gasteiger partial charge in [0.05, 0.1) is 34.2 Å². The van der Waals surface area contributed by atoms with Crippen LogP contribution in [-0.2, 0) is 0 Å². The molecule has 0 saturated heterocycles. The lowest BCUT2D eigenvalue weighted by atomic mass is 9.90. The van der Waals surface area contributed by atoms with Gasteiger partial charge in [-0.2, -0.15) is 10.2 Å². The van der Waals surface area contributed by atoms with E-state index in [1.165, 1.54) is 94.6 Å². The highest BCUT2D eigenvalue weighted by Crippen LogP contribution is 2.25. The fourth-order valence-corrected chi connectivity index (χ4v) is 7.09. The summed E-state index contributed by atoms with van der Waals surface area (Å²) in [5.41, 5.74) is 36.5. The zero-order valence-corrected chi connectivity index (χ0v) is 46.6. The molecule has 7 heteroatoms. The Bertz CT molecular complexity index is 2220. The molecule has 65 heavy (non-hydrogen) atoms. The van der Waals surface area contributed by atoms with Crippen molar-refractivity contribution in [3.8, 4) is 0 Å². The highest BCUT2D eigenvalue weighted by atomic mass is 15.1. The second-order valence-corrected chi connectivity index (χ2v) is 18.4. The maximum atomic E-state index is 4.43. The van der Waals surface area contributed by atoms with Gasteiger partial charge in [0.2, 0.25) is 0 Å². The number of nitrogens with zero attached hydrogens (tertiary/aromatic N) is 7. The van der Waals surface area contributed by atoms with Gasteiger partial charge in [-0.05, 0) is 295 Å². The van der Waals surface area contributed by atoms with Crippen LogP contribution in [0.3, 0.4) is 0 Å². The van der Waals surface area contributed by atoms with Crippen LogP contribution in [0.2, 0.25) is 0 Å². The number of aryl methyl sites for hydroxylation is 12. The van der Waals surface area contributed by atoms with Crippen LogP contribution in [-0.4, -0.2) is 35.1 Å². The Hall–Kier alpha value is -5.17. The molecule has 0 radical (unpaired) electrons. The Balaban J connectivity index is 0.000000390. The van der Waals surface area contributed by atoms with E-state index in [2.05, 4.69) is 194 Å². The Labute approximate surface area is 397 Å². The summed E-state index contributed by atoms with van der Waals surface area (Å²) in [4.78, 5) is 21.9. The van der Waals surface area contributed by atoms with E-state index < -0.39 is 0 Å². The number of hydrogen-bond donors (Lipinski definition) is 0. The first-order valence-electron chi connectivity index (χ1n) is 23.1. The van der Waals surface area contributed by atoms with E-state index in [9.17, 15) is 0 Å². The van der Waals surface area contributed by atoms with Crippen LogP contribution in [0.1, 0.15) is 163 Å². The van der Waals surface area contributed by atoms with Crippen molar-refractivity contribution in [3.05, 3.63) is 163 Å². The van der Waals surface area contributed by atoms with Crippen molar-refractivity contribution < 1.29 is 0 Å². The van der Waals surface area contributed by atoms with E-state index in [1.54, 1.807) is 0 Å². The van der Waals surface area contributed by atoms with Gasteiger partial charge >= 0.3 is 0 Å². The van der Waals surface area contributed by atoms with Gasteiger partial charge in [0.1, 0.15) is 0 Å². The lowest BCUT2D eigenvalue weighted by Crippen LogP contribution is -1.98. The van der Waals surface area contributed by atoms with Gasteiger partial charge in [-0.3, -0.25) is 24.9 Å². The molecule has 6 aromatic rings. The van der Waals surface area contributed by atoms with Crippen LogP contribution in [0.25, 0.3) is 0 Å². The van der Waals surface area contributed by atoms with Crippen molar-refractivity contribution in [2.24, 2.45) is 0 Å². The largest absolute Gasteiger partial charge is 0.258 e. The normalized spacial score (nSPS) is 10.2. The van der Waals surface area contributed by atoms with E-state index in [-0.39, 0.29) is 0 Å². The average molecular weight is 882 g/mol. The number of pyridine rings is 3. The highest BCUT2D eigenvalue weighted by molar-refractivity contribution is 5.48. The van der Waals surface area contributed by atoms with Crippen LogP contribution in [0.4, 0.5) is 0 Å². The fraction of sp³-hybridized carbons (Fsp3) is 0.500. The zero-order chi connectivity index (χ0) is 50.7. The van der Waals surface area contributed by atoms with Crippen LogP contribution >= 0.6 is 0 Å². The first-order valence-corrected chi connectivity index (χ1v) is 23.1. The maximum Gasteiger partial charge on any atom is 0.0632 e. The van der Waals surface area contributed by atoms with Gasteiger partial charge in [-0.15, -0.1) is 0 Å². The number of rotatable bonds is 0. The monoisotopic (exact) mass is 882 g/mol. The van der Waals surface area contributed by atoms with Crippen LogP contribution in [0.5, 0.6) is 0 Å². The second-order valence-electron chi connectivity index (χ2n) is 18.4. The number of benzene rings is 1. The Kier molecular flexibility index (Phi) is 22.2. The quantitative estimate of drug-likeness (QED) is 0.150. The van der Waals surface area contributed by atoms with Crippen molar-refractivity contribution in [2.75, 3.05) is 0 Å². The highest BCUT2D eigenvalue weighted by Gasteiger charge is 2.09. The van der Waals surface area contributed by atoms with Crippen molar-refractivity contribution in [1.82, 2.24) is 35.1 Å². The molecule has 0 aliphatic heterocycles. The summed E-state index contributed by atoms with van der Waals surface area (Å²) >= 11 is 0. The van der Waals surface area contributed by atoms with Gasteiger partial charge in [0.15, 0.2) is 0 Å². The lowest BCUT2D eigenvalue weighted by Gasteiger charge is -2.15. The molecule has 0 saturated carbocycles. The molecule has 7 nitrogen and oxygen atoms in total. The summed E-state index contributed by atoms with van der Waals surface area (Å²) in [7, 11) is 0. The SMILES string of the molecule is Cc1c(C)c(C)c(C)c(C)c1C.Cc1nc(C)c(C)c(C)c1C.Cc1nc(C)c(C)c(C)c1C.Cc1nc(C)c(C)c(C)c1C.Cc1nc(C)c(C)nc1C.Cc1nnc(C)c(C)c1C. The molecule has 0 fully saturated rings. The second kappa shape index (κ2) is 24.9. The van der Waals surface area contributed by atoms with E-state index in [1.807, 2.05) is 41.5 Å². The van der Waals surface area contributed by atoms with E-state index in [0.29, 0.717) is 0 Å². The topological polar surface area (TPSA) is 90.2 Å². The third kappa shape index (κ3) is 15.2. The van der Waals surface area contributed by atoms with Gasteiger partial charge in [-0.1, -0.05) is 0 Å². The van der Waals surface area contributed by atoms with Gasteiger partial charge in [0.25, 0.3) is 0 Å². The molecule has 0 unspecified atom stereocenters. The molecule has 0 spiro atoms. The molecule has 1 aromatic carbocycles. The summed E-state index contributed by atoms with van der Waals surface area (Å²) in [6.45, 7) is 60.9. The molecule has 5 heterocycles. The molecule has 0 aliphatic carbocycles. The van der Waals surface area contributed by atoms with Crippen LogP contribution in [0, 0.1) is 201 Å². The number of hydrogen-bond acceptors (Lipinski definition) is 7. The molecule has 5 aromatic heterocycles. The average Bonchev–Trinajstić information content (AvgIpc) is 3.26. The minimum Gasteiger partial charge on any atom is -0.258 e. The number of aromatic nitrogens is 7. The Morgan fingerprint density at radius 1 is 0.123 bits per heavy atom. The Morgan fingerprint density at radius 2 is 0.231 bits per heavy atom. The van der Waals surface area contributed by atoms with E-state index in [0.717, 1.165) is 68.3 Å². The van der Waals surface area contributed by atoms with Crippen LogP contribution < -0.4 is 0 Å². The summed E-state index contributed by atoms with van der Waals surface area (Å²) < 4.78 is 0. The molecule has 0 bridgehead atoms. The minimum absolute atomic E-state index is 1.03. The molecular weight excluding hydrogens is 795 g/mol. The third-order valence-electron chi connectivity index (χ3n) is 14.7. The molecule has 0 atom stereocenters. The van der Waals surface area contributed by atoms with Crippen molar-refractivity contribution >= 4 is 0 Å². The van der Waals surface area contributed by atoms with Gasteiger partial charge < -0.3 is 0 Å². The minimum atomic E-state index is 1.03. The predicted octanol–water partition coefficient (Wildman–Crippen LogP) is 14.8. The van der Waals surface area contributed by atoms with E-state index >= 15 is 0 Å². The standard InChI is InChI=1S/C12H18.3C10H15N.2C8H12N2/c1-7-8(2)10(4)12(6)11(5)9(7)3;3*1-6-7(2)9(4)11-10(5)8(6)3;1-5-6(2)10-8(4)7(3)9-5;1-5-6(2)8(4)10-9-7(5)3/h1-6H3;3*1-5H3;2*1-4H3. The van der Waals surface area contributed by atoms with E-state index in [4.69, 9.17) is 0 Å². The molecular formula is C58H87N7. The molecule has 0 N–H and O–H groups in total. The lowest BCUT2D eigenvalue weighted by molar-refractivity contribution is 0.905. The van der Waals surface area contributed by atoms with Crippen molar-refractivity contribution in [1.29, 1.82) is 0 Å². The third-order valence-corrected chi connectivity index (χ3v) is 14.7. The Morgan fingerprint density at radius 3 is 0.385 bits per heavy atom. The summed E-state index contributed by atoms with van der Waals surface area (Å²) in [5.74, 6) is 0. The first kappa shape index (κ1) is 57.8. The smallest absolute Gasteiger partial charge is 0.0632 e.